The quantitative estimate of drug-likeness (QED) is 0.234. The molecule has 8 rings (SSSR count). The average Bonchev–Trinajstić information content (AvgIpc) is 3.49. The molecule has 0 radical (unpaired) electrons. The Morgan fingerprint density at radius 3 is 2.71 bits per heavy atom. The highest BCUT2D eigenvalue weighted by atomic mass is 32.1. The molecule has 5 aromatic heterocycles. The van der Waals surface area contributed by atoms with Gasteiger partial charge in [-0.1, -0.05) is 6.08 Å². The number of fused-ring (bicyclic) bond motifs is 3. The molecule has 1 unspecified atom stereocenters. The maximum absolute atomic E-state index is 13.7. The van der Waals surface area contributed by atoms with Gasteiger partial charge in [0.05, 0.1) is 50.5 Å². The van der Waals surface area contributed by atoms with Crippen molar-refractivity contribution in [2.24, 2.45) is 7.05 Å². The van der Waals surface area contributed by atoms with Crippen molar-refractivity contribution in [1.29, 1.82) is 0 Å². The molecule has 49 heavy (non-hydrogen) atoms. The number of ether oxygens (including phenoxy) is 1. The minimum atomic E-state index is -0.390. The first-order valence-corrected chi connectivity index (χ1v) is 17.4. The number of nitrogens with one attached hydrogen (secondary N) is 1. The molecule has 0 amide bonds. The lowest BCUT2D eigenvalue weighted by molar-refractivity contribution is -0.0683. The van der Waals surface area contributed by atoms with E-state index >= 15 is 0 Å². The fourth-order valence-electron chi connectivity index (χ4n) is 7.10. The van der Waals surface area contributed by atoms with Gasteiger partial charge < -0.3 is 24.6 Å². The van der Waals surface area contributed by atoms with E-state index in [9.17, 15) is 14.7 Å². The van der Waals surface area contributed by atoms with Crippen LogP contribution in [-0.2, 0) is 31.2 Å². The highest BCUT2D eigenvalue weighted by Crippen LogP contribution is 2.35. The molecule has 3 aliphatic rings. The summed E-state index contributed by atoms with van der Waals surface area (Å²) in [5, 5.41) is 19.2. The maximum Gasteiger partial charge on any atom is 0.290 e. The van der Waals surface area contributed by atoms with Gasteiger partial charge in [0, 0.05) is 60.5 Å². The van der Waals surface area contributed by atoms with Crippen LogP contribution in [0.5, 0.6) is 0 Å². The first-order chi connectivity index (χ1) is 23.9. The lowest BCUT2D eigenvalue weighted by atomic mass is 9.97. The van der Waals surface area contributed by atoms with Gasteiger partial charge in [0.2, 0.25) is 0 Å². The van der Waals surface area contributed by atoms with Crippen LogP contribution in [0.1, 0.15) is 28.8 Å². The normalized spacial score (nSPS) is 18.3. The van der Waals surface area contributed by atoms with Crippen LogP contribution in [-0.4, -0.2) is 84.2 Å². The molecular weight excluding hydrogens is 643 g/mol. The maximum atomic E-state index is 13.7. The molecule has 0 spiro atoms. The summed E-state index contributed by atoms with van der Waals surface area (Å²) in [7, 11) is 1.66. The topological polar surface area (TPSA) is 144 Å². The van der Waals surface area contributed by atoms with E-state index in [0.29, 0.717) is 33.2 Å². The second kappa shape index (κ2) is 12.9. The number of aliphatic hydroxyl groups is 1. The van der Waals surface area contributed by atoms with Gasteiger partial charge in [-0.3, -0.25) is 14.5 Å². The monoisotopic (exact) mass is 679 g/mol. The van der Waals surface area contributed by atoms with E-state index in [0.717, 1.165) is 69.7 Å². The molecule has 2 saturated heterocycles. The largest absolute Gasteiger partial charge is 0.392 e. The summed E-state index contributed by atoms with van der Waals surface area (Å²) in [6.45, 7) is 7.77. The summed E-state index contributed by atoms with van der Waals surface area (Å²) >= 11 is 1.54. The summed E-state index contributed by atoms with van der Waals surface area (Å²) in [5.41, 5.74) is 2.69. The number of hydrogen-bond donors (Lipinski definition) is 2. The van der Waals surface area contributed by atoms with Crippen molar-refractivity contribution in [2.75, 3.05) is 43.1 Å². The van der Waals surface area contributed by atoms with Crippen molar-refractivity contribution < 1.29 is 9.84 Å². The summed E-state index contributed by atoms with van der Waals surface area (Å²) < 4.78 is 8.78. The van der Waals surface area contributed by atoms with Crippen molar-refractivity contribution in [3.63, 3.8) is 0 Å². The number of thiophene rings is 1. The first kappa shape index (κ1) is 31.5. The fraction of sp³-hybridized carbons (Fsp3) is 0.371. The fourth-order valence-corrected chi connectivity index (χ4v) is 8.38. The lowest BCUT2D eigenvalue weighted by Gasteiger charge is -2.46. The highest BCUT2D eigenvalue weighted by molar-refractivity contribution is 7.19. The average molecular weight is 680 g/mol. The molecule has 2 fully saturated rings. The van der Waals surface area contributed by atoms with Crippen LogP contribution in [0.2, 0.25) is 0 Å². The third-order valence-corrected chi connectivity index (χ3v) is 11.1. The van der Waals surface area contributed by atoms with Crippen LogP contribution in [0.15, 0.2) is 65.4 Å². The van der Waals surface area contributed by atoms with Gasteiger partial charge in [0.15, 0.2) is 5.82 Å². The Morgan fingerprint density at radius 1 is 1.10 bits per heavy atom. The predicted octanol–water partition coefficient (Wildman–Crippen LogP) is 3.19. The number of aromatic nitrogens is 6. The Bertz CT molecular complexity index is 2170. The minimum Gasteiger partial charge on any atom is -0.392 e. The number of rotatable bonds is 8. The molecule has 0 saturated carbocycles. The zero-order valence-electron chi connectivity index (χ0n) is 27.2. The van der Waals surface area contributed by atoms with Gasteiger partial charge in [-0.15, -0.1) is 17.9 Å². The van der Waals surface area contributed by atoms with Gasteiger partial charge >= 0.3 is 0 Å². The van der Waals surface area contributed by atoms with Crippen LogP contribution in [0.25, 0.3) is 27.0 Å². The molecule has 13 nitrogen and oxygen atoms in total. The number of pyridine rings is 2. The standard InChI is InChI=1S/C35H37N9O4S/c1-3-22-17-42(23-19-48-20-23)10-11-43(22)31-15-37-30(14-38-31)40-28-12-21(16-41(2)34(28)46)24-8-9-36-33(27(24)18-45)44-35(47)32-26(13-39-44)25-6-4-5-7-29(25)49-32/h3,8-9,12-16,22-23,45H,1,4-7,10-11,17-20H2,2H3,(H,37,40). The van der Waals surface area contributed by atoms with Crippen LogP contribution < -0.4 is 21.3 Å². The second-order valence-electron chi connectivity index (χ2n) is 12.8. The van der Waals surface area contributed by atoms with Crippen LogP contribution in [0, 0.1) is 0 Å². The van der Waals surface area contributed by atoms with E-state index in [4.69, 9.17) is 4.74 Å². The van der Waals surface area contributed by atoms with Gasteiger partial charge in [-0.2, -0.15) is 9.78 Å². The molecule has 14 heteroatoms. The Labute approximate surface area is 286 Å². The van der Waals surface area contributed by atoms with Gasteiger partial charge in [0.1, 0.15) is 22.0 Å². The van der Waals surface area contributed by atoms with E-state index in [2.05, 4.69) is 41.7 Å². The molecule has 2 aliphatic heterocycles. The smallest absolute Gasteiger partial charge is 0.290 e. The molecule has 1 atom stereocenters. The van der Waals surface area contributed by atoms with E-state index in [1.807, 2.05) is 6.08 Å². The Balaban J connectivity index is 1.08. The number of hydrogen-bond acceptors (Lipinski definition) is 12. The molecule has 0 bridgehead atoms. The summed E-state index contributed by atoms with van der Waals surface area (Å²) in [5.74, 6) is 1.41. The summed E-state index contributed by atoms with van der Waals surface area (Å²) in [4.78, 5) is 46.7. The van der Waals surface area contributed by atoms with Crippen LogP contribution >= 0.6 is 11.3 Å². The van der Waals surface area contributed by atoms with E-state index in [-0.39, 0.29) is 28.7 Å². The number of piperazine rings is 1. The lowest BCUT2D eigenvalue weighted by Crippen LogP contribution is -2.60. The molecule has 1 aliphatic carbocycles. The van der Waals surface area contributed by atoms with Crippen LogP contribution in [0.3, 0.4) is 0 Å². The van der Waals surface area contributed by atoms with Crippen molar-refractivity contribution in [2.45, 2.75) is 44.4 Å². The Hall–Kier alpha value is -4.76. The van der Waals surface area contributed by atoms with Crippen molar-refractivity contribution in [1.82, 2.24) is 34.2 Å². The number of nitrogens with zero attached hydrogens (tertiary/aromatic N) is 8. The molecule has 0 aromatic carbocycles. The molecule has 7 heterocycles. The first-order valence-electron chi connectivity index (χ1n) is 16.6. The number of aliphatic hydroxyl groups excluding tert-OH is 1. The zero-order chi connectivity index (χ0) is 33.6. The number of aryl methyl sites for hydroxylation is 3. The zero-order valence-corrected chi connectivity index (χ0v) is 28.0. The van der Waals surface area contributed by atoms with Gasteiger partial charge in [-0.05, 0) is 48.9 Å². The summed E-state index contributed by atoms with van der Waals surface area (Å²) in [6, 6.07) is 4.03. The van der Waals surface area contributed by atoms with Gasteiger partial charge in [-0.25, -0.2) is 15.0 Å². The third kappa shape index (κ3) is 5.63. The Morgan fingerprint density at radius 2 is 1.96 bits per heavy atom. The van der Waals surface area contributed by atoms with Crippen LogP contribution in [0.4, 0.5) is 17.3 Å². The minimum absolute atomic E-state index is 0.0982. The number of anilines is 3. The Kier molecular flexibility index (Phi) is 8.31. The van der Waals surface area contributed by atoms with Gasteiger partial charge in [0.25, 0.3) is 11.1 Å². The van der Waals surface area contributed by atoms with Crippen molar-refractivity contribution in [3.05, 3.63) is 92.5 Å². The summed E-state index contributed by atoms with van der Waals surface area (Å²) in [6.07, 6.45) is 14.5. The van der Waals surface area contributed by atoms with E-state index in [1.54, 1.807) is 50.2 Å². The van der Waals surface area contributed by atoms with Crippen molar-refractivity contribution in [3.8, 4) is 16.9 Å². The van der Waals surface area contributed by atoms with E-state index < -0.39 is 6.61 Å². The van der Waals surface area contributed by atoms with Crippen molar-refractivity contribution >= 4 is 38.7 Å². The molecule has 5 aromatic rings. The predicted molar refractivity (Wildman–Crippen MR) is 189 cm³/mol. The third-order valence-electron chi connectivity index (χ3n) is 9.84. The molecule has 2 N–H and O–H groups in total. The second-order valence-corrected chi connectivity index (χ2v) is 13.9. The van der Waals surface area contributed by atoms with E-state index in [1.165, 1.54) is 31.0 Å². The SMILES string of the molecule is C=CC1CN(C2COC2)CCN1c1cnc(Nc2cc(-c3ccnc(-n4ncc5c6c(sc5c4=O)CCCC6)c3CO)cn(C)c2=O)cn1. The molecule has 252 valence electrons. The highest BCUT2D eigenvalue weighted by Gasteiger charge is 2.33. The molecular formula is C35H37N9O4S.